The highest BCUT2D eigenvalue weighted by atomic mass is 35.5. The number of halogens is 3. The van der Waals surface area contributed by atoms with Crippen molar-refractivity contribution in [1.82, 2.24) is 19.9 Å². The molecule has 0 radical (unpaired) electrons. The monoisotopic (exact) mass is 342 g/mol. The highest BCUT2D eigenvalue weighted by Gasteiger charge is 2.33. The molecule has 2 heterocycles. The third-order valence-corrected chi connectivity index (χ3v) is 4.21. The van der Waals surface area contributed by atoms with Crippen molar-refractivity contribution in [3.8, 4) is 0 Å². The zero-order valence-corrected chi connectivity index (χ0v) is 13.4. The smallest absolute Gasteiger partial charge is 0.348 e. The van der Waals surface area contributed by atoms with Crippen LogP contribution in [-0.4, -0.2) is 26.5 Å². The molecule has 1 aliphatic rings. The summed E-state index contributed by atoms with van der Waals surface area (Å²) in [5.41, 5.74) is 0.121. The van der Waals surface area contributed by atoms with E-state index in [1.165, 1.54) is 12.5 Å². The van der Waals surface area contributed by atoms with Gasteiger partial charge in [0.25, 0.3) is 5.91 Å². The van der Waals surface area contributed by atoms with Crippen molar-refractivity contribution < 1.29 is 13.6 Å². The number of amides is 1. The lowest BCUT2D eigenvalue weighted by molar-refractivity contribution is 0.0862. The summed E-state index contributed by atoms with van der Waals surface area (Å²) in [7, 11) is 0. The summed E-state index contributed by atoms with van der Waals surface area (Å²) in [5, 5.41) is 3.28. The second-order valence-electron chi connectivity index (χ2n) is 5.89. The van der Waals surface area contributed by atoms with Gasteiger partial charge in [-0.05, 0) is 37.4 Å². The third kappa shape index (κ3) is 3.44. The molecular weight excluding hydrogens is 326 g/mol. The minimum Gasteiger partial charge on any atom is -0.348 e. The lowest BCUT2D eigenvalue weighted by Gasteiger charge is -2.22. The first-order valence-electron chi connectivity index (χ1n) is 7.60. The molecule has 1 N–H and O–H groups in total. The van der Waals surface area contributed by atoms with Crippen LogP contribution in [0.25, 0.3) is 5.65 Å². The van der Waals surface area contributed by atoms with Gasteiger partial charge in [0, 0.05) is 17.8 Å². The SMILES string of the molecule is Cc1cc(C(F)(F)Cl)n2nc(C(=O)NC3CCCCC3)cc2n1. The van der Waals surface area contributed by atoms with Gasteiger partial charge >= 0.3 is 5.38 Å². The van der Waals surface area contributed by atoms with Crippen LogP contribution in [0.5, 0.6) is 0 Å². The average Bonchev–Trinajstić information content (AvgIpc) is 2.90. The summed E-state index contributed by atoms with van der Waals surface area (Å²) in [6, 6.07) is 2.68. The Morgan fingerprint density at radius 1 is 1.35 bits per heavy atom. The van der Waals surface area contributed by atoms with E-state index in [1.54, 1.807) is 6.92 Å². The first kappa shape index (κ1) is 16.1. The van der Waals surface area contributed by atoms with E-state index in [-0.39, 0.29) is 23.3 Å². The maximum absolute atomic E-state index is 13.5. The van der Waals surface area contributed by atoms with Crippen molar-refractivity contribution in [2.24, 2.45) is 0 Å². The first-order chi connectivity index (χ1) is 10.8. The van der Waals surface area contributed by atoms with Crippen LogP contribution in [0.3, 0.4) is 0 Å². The molecule has 2 aromatic rings. The number of nitrogens with one attached hydrogen (secondary N) is 1. The van der Waals surface area contributed by atoms with Crippen LogP contribution in [0.1, 0.15) is 54.0 Å². The standard InChI is InChI=1S/C15H17ClF2N4O/c1-9-7-12(15(16,17)18)22-13(19-9)8-11(21-22)14(23)20-10-5-3-2-4-6-10/h7-8,10H,2-6H2,1H3,(H,20,23). The fourth-order valence-corrected chi connectivity index (χ4v) is 3.05. The van der Waals surface area contributed by atoms with E-state index in [0.717, 1.165) is 36.3 Å². The molecule has 0 aromatic carbocycles. The van der Waals surface area contributed by atoms with Gasteiger partial charge in [0.05, 0.1) is 0 Å². The molecular formula is C15H17ClF2N4O. The van der Waals surface area contributed by atoms with Gasteiger partial charge < -0.3 is 5.32 Å². The minimum atomic E-state index is -3.59. The largest absolute Gasteiger partial charge is 0.364 e. The van der Waals surface area contributed by atoms with Gasteiger partial charge in [-0.3, -0.25) is 4.79 Å². The van der Waals surface area contributed by atoms with Crippen LogP contribution in [0.2, 0.25) is 0 Å². The molecule has 23 heavy (non-hydrogen) atoms. The average molecular weight is 343 g/mol. The fraction of sp³-hybridized carbons (Fsp3) is 0.533. The lowest BCUT2D eigenvalue weighted by Crippen LogP contribution is -2.36. The second-order valence-corrected chi connectivity index (χ2v) is 6.36. The van der Waals surface area contributed by atoms with Gasteiger partial charge in [0.1, 0.15) is 5.69 Å². The Morgan fingerprint density at radius 3 is 2.70 bits per heavy atom. The Hall–Kier alpha value is -1.76. The molecule has 3 rings (SSSR count). The van der Waals surface area contributed by atoms with E-state index in [0.29, 0.717) is 5.69 Å². The van der Waals surface area contributed by atoms with Crippen LogP contribution < -0.4 is 5.32 Å². The van der Waals surface area contributed by atoms with Gasteiger partial charge in [-0.15, -0.1) is 0 Å². The highest BCUT2D eigenvalue weighted by molar-refractivity contribution is 6.21. The van der Waals surface area contributed by atoms with Gasteiger partial charge in [0.2, 0.25) is 0 Å². The van der Waals surface area contributed by atoms with Crippen LogP contribution in [0.15, 0.2) is 12.1 Å². The molecule has 0 spiro atoms. The molecule has 1 saturated carbocycles. The number of aromatic nitrogens is 3. The minimum absolute atomic E-state index is 0.0656. The van der Waals surface area contributed by atoms with Gasteiger partial charge in [-0.2, -0.15) is 13.9 Å². The molecule has 2 aromatic heterocycles. The summed E-state index contributed by atoms with van der Waals surface area (Å²) in [4.78, 5) is 16.4. The zero-order valence-electron chi connectivity index (χ0n) is 12.7. The van der Waals surface area contributed by atoms with Gasteiger partial charge in [0.15, 0.2) is 11.3 Å². The first-order valence-corrected chi connectivity index (χ1v) is 7.98. The van der Waals surface area contributed by atoms with Crippen molar-refractivity contribution in [2.45, 2.75) is 50.5 Å². The number of carbonyl (C=O) groups is 1. The molecule has 1 amide bonds. The van der Waals surface area contributed by atoms with E-state index in [2.05, 4.69) is 15.4 Å². The van der Waals surface area contributed by atoms with Crippen molar-refractivity contribution in [1.29, 1.82) is 0 Å². The van der Waals surface area contributed by atoms with Crippen LogP contribution in [0, 0.1) is 6.92 Å². The highest BCUT2D eigenvalue weighted by Crippen LogP contribution is 2.32. The summed E-state index contributed by atoms with van der Waals surface area (Å²) < 4.78 is 28.0. The Labute approximate surface area is 137 Å². The van der Waals surface area contributed by atoms with E-state index in [4.69, 9.17) is 11.6 Å². The normalized spacial score (nSPS) is 16.7. The summed E-state index contributed by atoms with van der Waals surface area (Å²) in [6.07, 6.45) is 5.21. The molecule has 0 bridgehead atoms. The van der Waals surface area contributed by atoms with E-state index < -0.39 is 11.1 Å². The van der Waals surface area contributed by atoms with Crippen molar-refractivity contribution >= 4 is 23.2 Å². The number of fused-ring (bicyclic) bond motifs is 1. The number of nitrogens with zero attached hydrogens (tertiary/aromatic N) is 3. The van der Waals surface area contributed by atoms with Gasteiger partial charge in [-0.1, -0.05) is 19.3 Å². The second kappa shape index (κ2) is 6.03. The molecule has 0 atom stereocenters. The Bertz CT molecular complexity index is 735. The van der Waals surface area contributed by atoms with Crippen LogP contribution in [-0.2, 0) is 5.38 Å². The summed E-state index contributed by atoms with van der Waals surface area (Å²) in [5.74, 6) is -0.371. The molecule has 1 aliphatic carbocycles. The molecule has 0 aliphatic heterocycles. The molecule has 5 nitrogen and oxygen atoms in total. The van der Waals surface area contributed by atoms with Crippen molar-refractivity contribution in [2.75, 3.05) is 0 Å². The lowest BCUT2D eigenvalue weighted by atomic mass is 9.95. The molecule has 124 valence electrons. The maximum atomic E-state index is 13.5. The summed E-state index contributed by atoms with van der Waals surface area (Å²) in [6.45, 7) is 1.58. The van der Waals surface area contributed by atoms with E-state index in [9.17, 15) is 13.6 Å². The number of aryl methyl sites for hydroxylation is 1. The molecule has 8 heteroatoms. The fourth-order valence-electron chi connectivity index (χ4n) is 2.92. The summed E-state index contributed by atoms with van der Waals surface area (Å²) >= 11 is 5.13. The van der Waals surface area contributed by atoms with Crippen LogP contribution >= 0.6 is 11.6 Å². The van der Waals surface area contributed by atoms with Gasteiger partial charge in [-0.25, -0.2) is 9.50 Å². The number of alkyl halides is 3. The Morgan fingerprint density at radius 2 is 2.04 bits per heavy atom. The van der Waals surface area contributed by atoms with E-state index in [1.807, 2.05) is 0 Å². The van der Waals surface area contributed by atoms with E-state index >= 15 is 0 Å². The third-order valence-electron chi connectivity index (χ3n) is 4.02. The Kier molecular flexibility index (Phi) is 4.23. The maximum Gasteiger partial charge on any atom is 0.364 e. The molecule has 0 saturated heterocycles. The number of hydrogen-bond donors (Lipinski definition) is 1. The molecule has 0 unspecified atom stereocenters. The number of hydrogen-bond acceptors (Lipinski definition) is 3. The predicted molar refractivity (Wildman–Crippen MR) is 81.8 cm³/mol. The Balaban J connectivity index is 1.91. The topological polar surface area (TPSA) is 59.3 Å². The predicted octanol–water partition coefficient (Wildman–Crippen LogP) is 3.39. The van der Waals surface area contributed by atoms with Crippen molar-refractivity contribution in [3.05, 3.63) is 29.2 Å². The quantitative estimate of drug-likeness (QED) is 0.870. The number of carbonyl (C=O) groups excluding carboxylic acids is 1. The van der Waals surface area contributed by atoms with Crippen LogP contribution in [0.4, 0.5) is 8.78 Å². The number of rotatable bonds is 3. The molecule has 1 fully saturated rings. The zero-order chi connectivity index (χ0) is 16.6. The van der Waals surface area contributed by atoms with Crippen molar-refractivity contribution in [3.63, 3.8) is 0 Å².